The van der Waals surface area contributed by atoms with Gasteiger partial charge in [0.1, 0.15) is 11.5 Å². The Bertz CT molecular complexity index is 576. The highest BCUT2D eigenvalue weighted by Crippen LogP contribution is 2.30. The number of hydrogen-bond acceptors (Lipinski definition) is 4. The number of amides is 2. The average Bonchev–Trinajstić information content (AvgIpc) is 2.56. The van der Waals surface area contributed by atoms with Crippen LogP contribution in [0, 0.1) is 5.92 Å². The number of methoxy groups -OCH3 is 1. The van der Waals surface area contributed by atoms with Gasteiger partial charge in [-0.1, -0.05) is 0 Å². The molecule has 0 radical (unpaired) electrons. The van der Waals surface area contributed by atoms with Crippen LogP contribution < -0.4 is 14.8 Å². The number of urea groups is 1. The van der Waals surface area contributed by atoms with Crippen molar-refractivity contribution in [1.82, 2.24) is 4.90 Å². The van der Waals surface area contributed by atoms with Gasteiger partial charge in [0.25, 0.3) is 0 Å². The Morgan fingerprint density at radius 1 is 1.43 bits per heavy atom. The normalized spacial score (nSPS) is 17.5. The van der Waals surface area contributed by atoms with Crippen molar-refractivity contribution in [3.63, 3.8) is 0 Å². The van der Waals surface area contributed by atoms with Crippen molar-refractivity contribution in [2.45, 2.75) is 19.8 Å². The zero-order chi connectivity index (χ0) is 16.8. The quantitative estimate of drug-likeness (QED) is 0.869. The molecule has 1 unspecified atom stereocenters. The van der Waals surface area contributed by atoms with E-state index in [-0.39, 0.29) is 12.6 Å². The molecule has 1 saturated heterocycles. The van der Waals surface area contributed by atoms with Gasteiger partial charge in [0, 0.05) is 19.2 Å². The third-order valence-electron chi connectivity index (χ3n) is 3.79. The van der Waals surface area contributed by atoms with Gasteiger partial charge in [-0.2, -0.15) is 0 Å². The van der Waals surface area contributed by atoms with E-state index in [1.54, 1.807) is 25.3 Å². The number of likely N-dealkylation sites (tertiary alicyclic amines) is 1. The lowest BCUT2D eigenvalue weighted by Crippen LogP contribution is -2.44. The molecule has 0 aliphatic carbocycles. The van der Waals surface area contributed by atoms with Crippen molar-refractivity contribution in [3.05, 3.63) is 18.2 Å². The number of nitrogens with zero attached hydrogens (tertiary/aromatic N) is 1. The number of carbonyl (C=O) groups excluding carboxylic acids is 1. The number of hydrogen-bond donors (Lipinski definition) is 2. The van der Waals surface area contributed by atoms with E-state index < -0.39 is 11.9 Å². The summed E-state index contributed by atoms with van der Waals surface area (Å²) in [6.07, 6.45) is 1.28. The van der Waals surface area contributed by atoms with Crippen LogP contribution in [0.4, 0.5) is 10.5 Å². The number of benzene rings is 1. The predicted molar refractivity (Wildman–Crippen MR) is 85.1 cm³/mol. The summed E-state index contributed by atoms with van der Waals surface area (Å²) in [5, 5.41) is 11.9. The van der Waals surface area contributed by atoms with Crippen molar-refractivity contribution in [1.29, 1.82) is 0 Å². The topological polar surface area (TPSA) is 88.1 Å². The zero-order valence-electron chi connectivity index (χ0n) is 13.4. The molecule has 1 aliphatic heterocycles. The van der Waals surface area contributed by atoms with Gasteiger partial charge < -0.3 is 24.8 Å². The SMILES string of the molecule is CCOc1ccc(OC)cc1NC(=O)N1CCCC(C(=O)O)C1. The molecule has 2 N–H and O–H groups in total. The van der Waals surface area contributed by atoms with Gasteiger partial charge in [-0.3, -0.25) is 4.79 Å². The van der Waals surface area contributed by atoms with Gasteiger partial charge in [0.15, 0.2) is 0 Å². The molecule has 0 aromatic heterocycles. The van der Waals surface area contributed by atoms with E-state index in [2.05, 4.69) is 5.32 Å². The Balaban J connectivity index is 2.11. The first-order valence-corrected chi connectivity index (χ1v) is 7.64. The van der Waals surface area contributed by atoms with E-state index in [0.717, 1.165) is 0 Å². The highest BCUT2D eigenvalue weighted by molar-refractivity contribution is 5.91. The number of carbonyl (C=O) groups is 2. The van der Waals surface area contributed by atoms with Crippen molar-refractivity contribution in [3.8, 4) is 11.5 Å². The molecule has 1 aromatic rings. The fourth-order valence-corrected chi connectivity index (χ4v) is 2.57. The molecule has 1 fully saturated rings. The van der Waals surface area contributed by atoms with Gasteiger partial charge in [-0.05, 0) is 31.9 Å². The fraction of sp³-hybridized carbons (Fsp3) is 0.500. The van der Waals surface area contributed by atoms with Crippen molar-refractivity contribution < 1.29 is 24.2 Å². The number of anilines is 1. The maximum atomic E-state index is 12.4. The van der Waals surface area contributed by atoms with Gasteiger partial charge >= 0.3 is 12.0 Å². The molecule has 2 rings (SSSR count). The molecule has 1 aromatic carbocycles. The van der Waals surface area contributed by atoms with Crippen LogP contribution in [0.3, 0.4) is 0 Å². The van der Waals surface area contributed by atoms with Crippen LogP contribution in [0.25, 0.3) is 0 Å². The lowest BCUT2D eigenvalue weighted by atomic mass is 9.99. The second-order valence-corrected chi connectivity index (χ2v) is 5.35. The predicted octanol–water partition coefficient (Wildman–Crippen LogP) is 2.42. The molecule has 0 spiro atoms. The molecule has 1 aliphatic rings. The van der Waals surface area contributed by atoms with Crippen molar-refractivity contribution in [2.75, 3.05) is 32.1 Å². The van der Waals surface area contributed by atoms with E-state index in [4.69, 9.17) is 14.6 Å². The average molecular weight is 322 g/mol. The lowest BCUT2D eigenvalue weighted by molar-refractivity contribution is -0.143. The number of nitrogens with one attached hydrogen (secondary N) is 1. The zero-order valence-corrected chi connectivity index (χ0v) is 13.4. The first kappa shape index (κ1) is 16.9. The maximum absolute atomic E-state index is 12.4. The summed E-state index contributed by atoms with van der Waals surface area (Å²) >= 11 is 0. The second-order valence-electron chi connectivity index (χ2n) is 5.35. The highest BCUT2D eigenvalue weighted by Gasteiger charge is 2.28. The molecule has 1 atom stereocenters. The fourth-order valence-electron chi connectivity index (χ4n) is 2.57. The largest absolute Gasteiger partial charge is 0.497 e. The van der Waals surface area contributed by atoms with E-state index >= 15 is 0 Å². The summed E-state index contributed by atoms with van der Waals surface area (Å²) in [4.78, 5) is 25.1. The molecule has 126 valence electrons. The lowest BCUT2D eigenvalue weighted by Gasteiger charge is -2.30. The molecule has 2 amide bonds. The van der Waals surface area contributed by atoms with Gasteiger partial charge in [-0.25, -0.2) is 4.79 Å². The third kappa shape index (κ3) is 4.28. The van der Waals surface area contributed by atoms with E-state index in [1.807, 2.05) is 6.92 Å². The standard InChI is InChI=1S/C16H22N2O5/c1-3-23-14-7-6-12(22-2)9-13(14)17-16(21)18-8-4-5-11(10-18)15(19)20/h6-7,9,11H,3-5,8,10H2,1-2H3,(H,17,21)(H,19,20). The number of carboxylic acid groups (broad SMARTS) is 1. The Morgan fingerprint density at radius 3 is 2.87 bits per heavy atom. The number of aliphatic carboxylic acids is 1. The van der Waals surface area contributed by atoms with Crippen molar-refractivity contribution in [2.24, 2.45) is 5.92 Å². The van der Waals surface area contributed by atoms with E-state index in [0.29, 0.717) is 43.2 Å². The minimum absolute atomic E-state index is 0.217. The minimum atomic E-state index is -0.862. The van der Waals surface area contributed by atoms with E-state index in [9.17, 15) is 9.59 Å². The molecule has 7 heteroatoms. The van der Waals surface area contributed by atoms with Gasteiger partial charge in [-0.15, -0.1) is 0 Å². The third-order valence-corrected chi connectivity index (χ3v) is 3.79. The van der Waals surface area contributed by atoms with Crippen LogP contribution in [0.2, 0.25) is 0 Å². The highest BCUT2D eigenvalue weighted by atomic mass is 16.5. The molecule has 0 saturated carbocycles. The molecule has 1 heterocycles. The summed E-state index contributed by atoms with van der Waals surface area (Å²) in [5.41, 5.74) is 0.508. The number of carboxylic acids is 1. The van der Waals surface area contributed by atoms with Crippen LogP contribution in [0.15, 0.2) is 18.2 Å². The number of ether oxygens (including phenoxy) is 2. The first-order valence-electron chi connectivity index (χ1n) is 7.64. The van der Waals surface area contributed by atoms with Crippen LogP contribution in [0.5, 0.6) is 11.5 Å². The molecule has 0 bridgehead atoms. The first-order chi connectivity index (χ1) is 11.0. The summed E-state index contributed by atoms with van der Waals surface area (Å²) in [6, 6.07) is 4.84. The summed E-state index contributed by atoms with van der Waals surface area (Å²) in [6.45, 7) is 3.09. The maximum Gasteiger partial charge on any atom is 0.321 e. The molecule has 7 nitrogen and oxygen atoms in total. The molecule has 23 heavy (non-hydrogen) atoms. The Hall–Kier alpha value is -2.44. The number of piperidine rings is 1. The monoisotopic (exact) mass is 322 g/mol. The van der Waals surface area contributed by atoms with Crippen LogP contribution in [-0.2, 0) is 4.79 Å². The summed E-state index contributed by atoms with van der Waals surface area (Å²) in [5.74, 6) is -0.218. The van der Waals surface area contributed by atoms with Crippen LogP contribution in [0.1, 0.15) is 19.8 Å². The van der Waals surface area contributed by atoms with Crippen LogP contribution in [-0.4, -0.2) is 48.8 Å². The smallest absolute Gasteiger partial charge is 0.321 e. The molecular formula is C16H22N2O5. The van der Waals surface area contributed by atoms with E-state index in [1.165, 1.54) is 4.90 Å². The Labute approximate surface area is 135 Å². The Morgan fingerprint density at radius 2 is 2.22 bits per heavy atom. The summed E-state index contributed by atoms with van der Waals surface area (Å²) in [7, 11) is 1.55. The summed E-state index contributed by atoms with van der Waals surface area (Å²) < 4.78 is 10.7. The van der Waals surface area contributed by atoms with Crippen LogP contribution >= 0.6 is 0 Å². The second kappa shape index (κ2) is 7.71. The Kier molecular flexibility index (Phi) is 5.67. The molecular weight excluding hydrogens is 300 g/mol. The number of rotatable bonds is 5. The van der Waals surface area contributed by atoms with Gasteiger partial charge in [0.2, 0.25) is 0 Å². The van der Waals surface area contributed by atoms with Crippen molar-refractivity contribution >= 4 is 17.7 Å². The minimum Gasteiger partial charge on any atom is -0.497 e. The van der Waals surface area contributed by atoms with Gasteiger partial charge in [0.05, 0.1) is 25.3 Å².